The highest BCUT2D eigenvalue weighted by molar-refractivity contribution is 9.09. The van der Waals surface area contributed by atoms with Crippen LogP contribution in [0.5, 0.6) is 0 Å². The summed E-state index contributed by atoms with van der Waals surface area (Å²) in [7, 11) is 0. The third-order valence-corrected chi connectivity index (χ3v) is 5.30. The van der Waals surface area contributed by atoms with E-state index >= 15 is 0 Å². The number of rotatable bonds is 4. The van der Waals surface area contributed by atoms with Crippen molar-refractivity contribution in [3.05, 3.63) is 70.2 Å². The highest BCUT2D eigenvalue weighted by atomic mass is 79.9. The van der Waals surface area contributed by atoms with Crippen molar-refractivity contribution in [3.63, 3.8) is 0 Å². The standard InChI is InChI=1S/C18H20BrCl/c1-4-18(2,3)15-10-8-13(9-11-15)17(19)14-6-5-7-16(20)12-14/h5-12,17H,4H2,1-3H3. The largest absolute Gasteiger partial charge is 0.0843 e. The van der Waals surface area contributed by atoms with Crippen molar-refractivity contribution in [3.8, 4) is 0 Å². The minimum absolute atomic E-state index is 0.181. The zero-order chi connectivity index (χ0) is 14.8. The van der Waals surface area contributed by atoms with E-state index in [1.807, 2.05) is 18.2 Å². The summed E-state index contributed by atoms with van der Waals surface area (Å²) in [6, 6.07) is 16.9. The van der Waals surface area contributed by atoms with Crippen LogP contribution in [0.15, 0.2) is 48.5 Å². The van der Waals surface area contributed by atoms with Gasteiger partial charge in [0.15, 0.2) is 0 Å². The summed E-state index contributed by atoms with van der Waals surface area (Å²) in [5.41, 5.74) is 4.05. The Labute approximate surface area is 135 Å². The predicted octanol–water partition coefficient (Wildman–Crippen LogP) is 6.51. The van der Waals surface area contributed by atoms with Gasteiger partial charge in [-0.1, -0.05) is 84.7 Å². The molecule has 106 valence electrons. The van der Waals surface area contributed by atoms with Crippen molar-refractivity contribution in [2.75, 3.05) is 0 Å². The van der Waals surface area contributed by atoms with Gasteiger partial charge in [-0.15, -0.1) is 0 Å². The van der Waals surface area contributed by atoms with E-state index < -0.39 is 0 Å². The number of hydrogen-bond acceptors (Lipinski definition) is 0. The molecule has 0 saturated heterocycles. The van der Waals surface area contributed by atoms with E-state index in [-0.39, 0.29) is 10.2 Å². The minimum atomic E-state index is 0.181. The van der Waals surface area contributed by atoms with E-state index in [2.05, 4.69) is 67.0 Å². The third-order valence-electron chi connectivity index (χ3n) is 4.01. The third kappa shape index (κ3) is 3.45. The molecular formula is C18H20BrCl. The van der Waals surface area contributed by atoms with E-state index in [4.69, 9.17) is 11.6 Å². The lowest BCUT2D eigenvalue weighted by atomic mass is 9.82. The quantitative estimate of drug-likeness (QED) is 0.551. The molecule has 1 atom stereocenters. The lowest BCUT2D eigenvalue weighted by Gasteiger charge is -2.24. The monoisotopic (exact) mass is 350 g/mol. The molecule has 0 aliphatic heterocycles. The van der Waals surface area contributed by atoms with Gasteiger partial charge in [0, 0.05) is 5.02 Å². The number of benzene rings is 2. The summed E-state index contributed by atoms with van der Waals surface area (Å²) < 4.78 is 0. The molecule has 0 aliphatic rings. The molecule has 2 rings (SSSR count). The topological polar surface area (TPSA) is 0 Å². The fourth-order valence-electron chi connectivity index (χ4n) is 2.16. The summed E-state index contributed by atoms with van der Waals surface area (Å²) >= 11 is 9.82. The maximum absolute atomic E-state index is 6.06. The maximum Gasteiger partial charge on any atom is 0.0645 e. The molecule has 2 aromatic carbocycles. The Morgan fingerprint density at radius 3 is 2.25 bits per heavy atom. The molecule has 0 aromatic heterocycles. The van der Waals surface area contributed by atoms with Crippen LogP contribution in [0.25, 0.3) is 0 Å². The van der Waals surface area contributed by atoms with Gasteiger partial charge in [-0.25, -0.2) is 0 Å². The van der Waals surface area contributed by atoms with Crippen LogP contribution in [0, 0.1) is 0 Å². The number of halogens is 2. The zero-order valence-corrected chi connectivity index (χ0v) is 14.5. The van der Waals surface area contributed by atoms with E-state index in [1.54, 1.807) is 0 Å². The second-order valence-corrected chi connectivity index (χ2v) is 7.13. The molecule has 0 N–H and O–H groups in total. The first-order valence-corrected chi connectivity index (χ1v) is 8.23. The lowest BCUT2D eigenvalue weighted by Crippen LogP contribution is -2.15. The van der Waals surface area contributed by atoms with E-state index in [0.29, 0.717) is 0 Å². The van der Waals surface area contributed by atoms with Crippen molar-refractivity contribution >= 4 is 27.5 Å². The summed E-state index contributed by atoms with van der Waals surface area (Å²) in [5.74, 6) is 0. The zero-order valence-electron chi connectivity index (χ0n) is 12.2. The summed E-state index contributed by atoms with van der Waals surface area (Å²) in [6.45, 7) is 6.79. The average Bonchev–Trinajstić information content (AvgIpc) is 2.46. The molecule has 1 unspecified atom stereocenters. The summed E-state index contributed by atoms with van der Waals surface area (Å²) in [4.78, 5) is 0.181. The van der Waals surface area contributed by atoms with Gasteiger partial charge in [0.05, 0.1) is 4.83 Å². The summed E-state index contributed by atoms with van der Waals surface area (Å²) in [6.07, 6.45) is 1.14. The molecule has 20 heavy (non-hydrogen) atoms. The van der Waals surface area contributed by atoms with Crippen LogP contribution >= 0.6 is 27.5 Å². The Morgan fingerprint density at radius 1 is 1.05 bits per heavy atom. The number of hydrogen-bond donors (Lipinski definition) is 0. The van der Waals surface area contributed by atoms with Crippen molar-refractivity contribution in [2.45, 2.75) is 37.4 Å². The highest BCUT2D eigenvalue weighted by Crippen LogP contribution is 2.34. The average molecular weight is 352 g/mol. The van der Waals surface area contributed by atoms with Crippen molar-refractivity contribution in [2.24, 2.45) is 0 Å². The van der Waals surface area contributed by atoms with Gasteiger partial charge in [0.25, 0.3) is 0 Å². The fourth-order valence-corrected chi connectivity index (χ4v) is 2.95. The molecule has 0 amide bonds. The molecule has 0 heterocycles. The molecule has 2 aromatic rings. The van der Waals surface area contributed by atoms with Crippen molar-refractivity contribution in [1.29, 1.82) is 0 Å². The van der Waals surface area contributed by atoms with Crippen LogP contribution in [-0.4, -0.2) is 0 Å². The smallest absolute Gasteiger partial charge is 0.0645 e. The molecule has 0 bridgehead atoms. The Kier molecular flexibility index (Phi) is 4.93. The van der Waals surface area contributed by atoms with Crippen LogP contribution in [0.4, 0.5) is 0 Å². The Morgan fingerprint density at radius 2 is 1.70 bits per heavy atom. The van der Waals surface area contributed by atoms with E-state index in [1.165, 1.54) is 16.7 Å². The predicted molar refractivity (Wildman–Crippen MR) is 92.0 cm³/mol. The van der Waals surface area contributed by atoms with E-state index in [0.717, 1.165) is 11.4 Å². The first-order valence-electron chi connectivity index (χ1n) is 6.94. The lowest BCUT2D eigenvalue weighted by molar-refractivity contribution is 0.506. The molecule has 0 radical (unpaired) electrons. The highest BCUT2D eigenvalue weighted by Gasteiger charge is 2.18. The van der Waals surface area contributed by atoms with Gasteiger partial charge < -0.3 is 0 Å². The van der Waals surface area contributed by atoms with Crippen LogP contribution in [0.1, 0.15) is 48.7 Å². The van der Waals surface area contributed by atoms with Crippen LogP contribution in [0.3, 0.4) is 0 Å². The Bertz CT molecular complexity index is 572. The van der Waals surface area contributed by atoms with E-state index in [9.17, 15) is 0 Å². The van der Waals surface area contributed by atoms with Gasteiger partial charge in [0.2, 0.25) is 0 Å². The first kappa shape index (κ1) is 15.6. The minimum Gasteiger partial charge on any atom is -0.0843 e. The van der Waals surface area contributed by atoms with Crippen molar-refractivity contribution < 1.29 is 0 Å². The normalized spacial score (nSPS) is 13.2. The first-order chi connectivity index (χ1) is 9.44. The van der Waals surface area contributed by atoms with Gasteiger partial charge in [-0.05, 0) is 40.7 Å². The summed E-state index contributed by atoms with van der Waals surface area (Å²) in [5, 5.41) is 0.774. The molecule has 0 fully saturated rings. The van der Waals surface area contributed by atoms with Gasteiger partial charge in [0.1, 0.15) is 0 Å². The van der Waals surface area contributed by atoms with Crippen LogP contribution in [0.2, 0.25) is 5.02 Å². The Balaban J connectivity index is 2.26. The van der Waals surface area contributed by atoms with Gasteiger partial charge in [-0.2, -0.15) is 0 Å². The van der Waals surface area contributed by atoms with Gasteiger partial charge in [-0.3, -0.25) is 0 Å². The van der Waals surface area contributed by atoms with Crippen LogP contribution in [-0.2, 0) is 5.41 Å². The number of alkyl halides is 1. The van der Waals surface area contributed by atoms with Crippen LogP contribution < -0.4 is 0 Å². The molecule has 2 heteroatoms. The second-order valence-electron chi connectivity index (χ2n) is 5.78. The fraction of sp³-hybridized carbons (Fsp3) is 0.333. The Hall–Kier alpha value is -0.790. The van der Waals surface area contributed by atoms with Crippen molar-refractivity contribution in [1.82, 2.24) is 0 Å². The molecule has 0 nitrogen and oxygen atoms in total. The SMILES string of the molecule is CCC(C)(C)c1ccc(C(Br)c2cccc(Cl)c2)cc1. The second kappa shape index (κ2) is 6.32. The maximum atomic E-state index is 6.06. The molecule has 0 aliphatic carbocycles. The van der Waals surface area contributed by atoms with Gasteiger partial charge >= 0.3 is 0 Å². The molecule has 0 saturated carbocycles. The molecule has 0 spiro atoms. The molecular weight excluding hydrogens is 332 g/mol.